The van der Waals surface area contributed by atoms with Crippen molar-refractivity contribution >= 4 is 17.9 Å². The van der Waals surface area contributed by atoms with Gasteiger partial charge < -0.3 is 14.2 Å². The number of esters is 3. The van der Waals surface area contributed by atoms with Crippen LogP contribution >= 0.6 is 0 Å². The highest BCUT2D eigenvalue weighted by atomic mass is 16.6. The van der Waals surface area contributed by atoms with Crippen molar-refractivity contribution in [3.63, 3.8) is 0 Å². The van der Waals surface area contributed by atoms with Crippen LogP contribution in [0.1, 0.15) is 284 Å². The maximum atomic E-state index is 12.9. The summed E-state index contributed by atoms with van der Waals surface area (Å²) >= 11 is 0. The van der Waals surface area contributed by atoms with Crippen molar-refractivity contribution in [3.05, 3.63) is 134 Å². The SMILES string of the molecule is CC/C=C\C/C=C\C/C=C\C/C=C\C/C=C\C/C=C\C/C=C\CCCC(=O)OCC(COC(=O)CCCCCCC/C=C\C/C=C\CCCCCC)OC(=O)CCCCCCCCCCC/C=C\C/C=C\CCCCCCC. The molecular weight excluding hydrogens is 961 g/mol. The summed E-state index contributed by atoms with van der Waals surface area (Å²) < 4.78 is 16.9. The summed E-state index contributed by atoms with van der Waals surface area (Å²) in [4.78, 5) is 38.3. The molecule has 442 valence electrons. The number of hydrogen-bond donors (Lipinski definition) is 0. The Labute approximate surface area is 481 Å². The zero-order chi connectivity index (χ0) is 56.4. The molecule has 0 saturated carbocycles. The number of ether oxygens (including phenoxy) is 3. The zero-order valence-electron chi connectivity index (χ0n) is 50.6. The molecular formula is C72H118O6. The van der Waals surface area contributed by atoms with Crippen LogP contribution in [0.5, 0.6) is 0 Å². The molecule has 6 nitrogen and oxygen atoms in total. The van der Waals surface area contributed by atoms with E-state index in [4.69, 9.17) is 14.2 Å². The Hall–Kier alpha value is -4.45. The van der Waals surface area contributed by atoms with E-state index in [0.29, 0.717) is 19.3 Å². The molecule has 0 aliphatic rings. The highest BCUT2D eigenvalue weighted by molar-refractivity contribution is 5.71. The minimum Gasteiger partial charge on any atom is -0.462 e. The van der Waals surface area contributed by atoms with Gasteiger partial charge in [-0.25, -0.2) is 0 Å². The predicted octanol–water partition coefficient (Wildman–Crippen LogP) is 22.2. The lowest BCUT2D eigenvalue weighted by Gasteiger charge is -2.18. The molecule has 6 heteroatoms. The Balaban J connectivity index is 4.52. The quantitative estimate of drug-likeness (QED) is 0.0261. The van der Waals surface area contributed by atoms with Gasteiger partial charge in [-0.3, -0.25) is 14.4 Å². The molecule has 0 aliphatic heterocycles. The van der Waals surface area contributed by atoms with E-state index in [1.165, 1.54) is 116 Å². The highest BCUT2D eigenvalue weighted by Crippen LogP contribution is 2.15. The normalized spacial score (nSPS) is 13.0. The number of hydrogen-bond acceptors (Lipinski definition) is 6. The summed E-state index contributed by atoms with van der Waals surface area (Å²) in [6.07, 6.45) is 91.7. The van der Waals surface area contributed by atoms with Gasteiger partial charge in [0.05, 0.1) is 0 Å². The second-order valence-electron chi connectivity index (χ2n) is 20.9. The van der Waals surface area contributed by atoms with Gasteiger partial charge in [-0.05, 0) is 135 Å². The molecule has 0 rings (SSSR count). The molecule has 0 aliphatic carbocycles. The Bertz CT molecular complexity index is 1670. The van der Waals surface area contributed by atoms with Crippen LogP contribution in [0.3, 0.4) is 0 Å². The van der Waals surface area contributed by atoms with Crippen molar-refractivity contribution in [1.82, 2.24) is 0 Å². The summed E-state index contributed by atoms with van der Waals surface area (Å²) in [5.74, 6) is -0.985. The Morgan fingerprint density at radius 3 is 0.846 bits per heavy atom. The third-order valence-corrected chi connectivity index (χ3v) is 13.4. The van der Waals surface area contributed by atoms with Crippen LogP contribution in [0.2, 0.25) is 0 Å². The molecule has 0 fully saturated rings. The lowest BCUT2D eigenvalue weighted by atomic mass is 10.1. The standard InChI is InChI=1S/C72H118O6/c1-4-7-10-13-16-19-22-25-28-31-33-35-36-38-39-41-44-47-50-53-56-59-62-65-71(74)77-68-69(67-76-70(73)64-61-58-55-52-49-46-43-30-27-24-21-18-15-12-9-6-3)78-72(75)66-63-60-57-54-51-48-45-42-40-37-34-32-29-26-23-20-17-14-11-8-5-2/h7,10,16,19,21,23-26,28,30,32-35,38-39,43-44,47,53,56,69H,4-6,8-9,11-15,17-18,20,22,27,29,31,36-37,40-42,45-46,48-52,54-55,57-68H2,1-3H3/b10-7-,19-16-,24-21-,26-23-,28-25-,34-32-,35-33-,39-38-,43-30-,47-44-,56-53-. The molecule has 0 spiro atoms. The molecule has 0 saturated heterocycles. The van der Waals surface area contributed by atoms with Crippen LogP contribution in [0.25, 0.3) is 0 Å². The lowest BCUT2D eigenvalue weighted by Crippen LogP contribution is -2.30. The summed E-state index contributed by atoms with van der Waals surface area (Å²) in [5.41, 5.74) is 0. The third kappa shape index (κ3) is 62.4. The first kappa shape index (κ1) is 73.5. The van der Waals surface area contributed by atoms with Gasteiger partial charge in [0.2, 0.25) is 0 Å². The fourth-order valence-electron chi connectivity index (χ4n) is 8.55. The van der Waals surface area contributed by atoms with Crippen LogP contribution in [-0.4, -0.2) is 37.2 Å². The second kappa shape index (κ2) is 65.1. The average molecular weight is 1080 g/mol. The molecule has 0 aromatic carbocycles. The smallest absolute Gasteiger partial charge is 0.306 e. The van der Waals surface area contributed by atoms with E-state index in [0.717, 1.165) is 122 Å². The molecule has 1 atom stereocenters. The van der Waals surface area contributed by atoms with Crippen LogP contribution < -0.4 is 0 Å². The first-order valence-corrected chi connectivity index (χ1v) is 32.2. The third-order valence-electron chi connectivity index (χ3n) is 13.4. The molecule has 0 heterocycles. The van der Waals surface area contributed by atoms with Crippen molar-refractivity contribution in [1.29, 1.82) is 0 Å². The first-order valence-electron chi connectivity index (χ1n) is 32.2. The van der Waals surface area contributed by atoms with Crippen molar-refractivity contribution in [2.24, 2.45) is 0 Å². The molecule has 0 radical (unpaired) electrons. The van der Waals surface area contributed by atoms with Crippen molar-refractivity contribution in [2.45, 2.75) is 290 Å². The number of unbranched alkanes of at least 4 members (excludes halogenated alkanes) is 24. The molecule has 0 aromatic rings. The number of carbonyl (C=O) groups is 3. The van der Waals surface area contributed by atoms with E-state index in [9.17, 15) is 14.4 Å². The summed E-state index contributed by atoms with van der Waals surface area (Å²) in [6.45, 7) is 6.45. The fraction of sp³-hybridized carbons (Fsp3) is 0.653. The maximum absolute atomic E-state index is 12.9. The van der Waals surface area contributed by atoms with Crippen LogP contribution in [0.4, 0.5) is 0 Å². The van der Waals surface area contributed by atoms with E-state index in [-0.39, 0.29) is 37.5 Å². The average Bonchev–Trinajstić information content (AvgIpc) is 3.44. The molecule has 0 aromatic heterocycles. The summed E-state index contributed by atoms with van der Waals surface area (Å²) in [5, 5.41) is 0. The minimum absolute atomic E-state index is 0.109. The van der Waals surface area contributed by atoms with Crippen LogP contribution in [0.15, 0.2) is 134 Å². The Kier molecular flexibility index (Phi) is 61.4. The number of carbonyl (C=O) groups excluding carboxylic acids is 3. The fourth-order valence-corrected chi connectivity index (χ4v) is 8.55. The van der Waals surface area contributed by atoms with Crippen molar-refractivity contribution in [2.75, 3.05) is 13.2 Å². The van der Waals surface area contributed by atoms with Crippen LogP contribution in [0, 0.1) is 0 Å². The monoisotopic (exact) mass is 1080 g/mol. The van der Waals surface area contributed by atoms with E-state index >= 15 is 0 Å². The van der Waals surface area contributed by atoms with Gasteiger partial charge in [0, 0.05) is 19.3 Å². The maximum Gasteiger partial charge on any atom is 0.306 e. The largest absolute Gasteiger partial charge is 0.462 e. The summed E-state index contributed by atoms with van der Waals surface area (Å²) in [7, 11) is 0. The molecule has 0 bridgehead atoms. The topological polar surface area (TPSA) is 78.9 Å². The van der Waals surface area contributed by atoms with E-state index < -0.39 is 6.10 Å². The van der Waals surface area contributed by atoms with Gasteiger partial charge in [-0.1, -0.05) is 264 Å². The van der Waals surface area contributed by atoms with Gasteiger partial charge in [-0.2, -0.15) is 0 Å². The van der Waals surface area contributed by atoms with Gasteiger partial charge in [0.25, 0.3) is 0 Å². The predicted molar refractivity (Wildman–Crippen MR) is 339 cm³/mol. The van der Waals surface area contributed by atoms with Crippen LogP contribution in [-0.2, 0) is 28.6 Å². The minimum atomic E-state index is -0.816. The van der Waals surface area contributed by atoms with E-state index in [1.54, 1.807) is 0 Å². The van der Waals surface area contributed by atoms with Gasteiger partial charge in [0.1, 0.15) is 13.2 Å². The number of allylic oxidation sites excluding steroid dienone is 22. The molecule has 0 N–H and O–H groups in total. The molecule has 0 amide bonds. The Morgan fingerprint density at radius 1 is 0.269 bits per heavy atom. The van der Waals surface area contributed by atoms with E-state index in [2.05, 4.69) is 154 Å². The number of rotatable bonds is 57. The van der Waals surface area contributed by atoms with Crippen molar-refractivity contribution in [3.8, 4) is 0 Å². The summed E-state index contributed by atoms with van der Waals surface area (Å²) in [6, 6.07) is 0. The van der Waals surface area contributed by atoms with Gasteiger partial charge >= 0.3 is 17.9 Å². The second-order valence-corrected chi connectivity index (χ2v) is 20.9. The highest BCUT2D eigenvalue weighted by Gasteiger charge is 2.19. The van der Waals surface area contributed by atoms with Crippen molar-refractivity contribution < 1.29 is 28.6 Å². The lowest BCUT2D eigenvalue weighted by molar-refractivity contribution is -0.167. The Morgan fingerprint density at radius 2 is 0.513 bits per heavy atom. The zero-order valence-corrected chi connectivity index (χ0v) is 50.6. The van der Waals surface area contributed by atoms with E-state index in [1.807, 2.05) is 0 Å². The first-order chi connectivity index (χ1) is 38.5. The molecule has 78 heavy (non-hydrogen) atoms. The molecule has 1 unspecified atom stereocenters. The van der Waals surface area contributed by atoms with Gasteiger partial charge in [-0.15, -0.1) is 0 Å². The van der Waals surface area contributed by atoms with Gasteiger partial charge in [0.15, 0.2) is 6.10 Å².